The summed E-state index contributed by atoms with van der Waals surface area (Å²) in [4.78, 5) is 17.7. The minimum atomic E-state index is -0.105. The first-order chi connectivity index (χ1) is 10.2. The number of nitrogens with zero attached hydrogens (tertiary/aromatic N) is 2. The molecule has 2 heterocycles. The summed E-state index contributed by atoms with van der Waals surface area (Å²) in [6.45, 7) is 0. The molecule has 0 saturated heterocycles. The highest BCUT2D eigenvalue weighted by Gasteiger charge is 2.10. The van der Waals surface area contributed by atoms with E-state index in [0.29, 0.717) is 15.1 Å². The second-order valence-corrected chi connectivity index (χ2v) is 5.70. The number of hydrogen-bond acceptors (Lipinski definition) is 4. The first kappa shape index (κ1) is 12.1. The summed E-state index contributed by atoms with van der Waals surface area (Å²) in [5, 5.41) is 9.81. The largest absolute Gasteiger partial charge is 0.507 e. The lowest BCUT2D eigenvalue weighted by Crippen LogP contribution is -2.22. The first-order valence-electron chi connectivity index (χ1n) is 6.44. The van der Waals surface area contributed by atoms with Crippen molar-refractivity contribution in [3.05, 3.63) is 69.0 Å². The monoisotopic (exact) mass is 294 g/mol. The van der Waals surface area contributed by atoms with E-state index < -0.39 is 0 Å². The third kappa shape index (κ3) is 1.82. The Morgan fingerprint density at radius 2 is 1.86 bits per heavy atom. The van der Waals surface area contributed by atoms with E-state index in [1.807, 2.05) is 30.3 Å². The van der Waals surface area contributed by atoms with Gasteiger partial charge >= 0.3 is 0 Å². The van der Waals surface area contributed by atoms with Crippen LogP contribution in [0.25, 0.3) is 22.1 Å². The molecular formula is C16H10N2O2S. The normalized spacial score (nSPS) is 12.5. The summed E-state index contributed by atoms with van der Waals surface area (Å²) in [6.07, 6.45) is 1.70. The Hall–Kier alpha value is -2.66. The molecule has 21 heavy (non-hydrogen) atoms. The van der Waals surface area contributed by atoms with E-state index in [4.69, 9.17) is 0 Å². The van der Waals surface area contributed by atoms with Crippen LogP contribution in [0.3, 0.4) is 0 Å². The lowest BCUT2D eigenvalue weighted by atomic mass is 10.2. The van der Waals surface area contributed by atoms with Crippen LogP contribution in [0.1, 0.15) is 5.56 Å². The molecule has 4 rings (SSSR count). The van der Waals surface area contributed by atoms with Crippen molar-refractivity contribution in [3.63, 3.8) is 0 Å². The fraction of sp³-hybridized carbons (Fsp3) is 0. The van der Waals surface area contributed by atoms with Crippen LogP contribution in [-0.2, 0) is 0 Å². The molecule has 1 N–H and O–H groups in total. The lowest BCUT2D eigenvalue weighted by molar-refractivity contribution is 0.474. The lowest BCUT2D eigenvalue weighted by Gasteiger charge is -1.95. The van der Waals surface area contributed by atoms with Crippen molar-refractivity contribution in [2.24, 2.45) is 0 Å². The van der Waals surface area contributed by atoms with E-state index in [1.54, 1.807) is 28.7 Å². The molecule has 0 unspecified atom stereocenters. The van der Waals surface area contributed by atoms with Crippen molar-refractivity contribution in [2.45, 2.75) is 0 Å². The predicted octanol–water partition coefficient (Wildman–Crippen LogP) is 2.16. The van der Waals surface area contributed by atoms with Crippen molar-refractivity contribution in [3.8, 4) is 5.75 Å². The van der Waals surface area contributed by atoms with Crippen LogP contribution in [0, 0.1) is 0 Å². The zero-order chi connectivity index (χ0) is 14.4. The minimum absolute atomic E-state index is 0.105. The van der Waals surface area contributed by atoms with Crippen LogP contribution >= 0.6 is 11.3 Å². The van der Waals surface area contributed by atoms with Crippen LogP contribution in [0.5, 0.6) is 5.75 Å². The van der Waals surface area contributed by atoms with E-state index in [9.17, 15) is 9.90 Å². The molecule has 0 aliphatic heterocycles. The van der Waals surface area contributed by atoms with Gasteiger partial charge in [-0.05, 0) is 24.3 Å². The summed E-state index contributed by atoms with van der Waals surface area (Å²) >= 11 is 1.33. The maximum absolute atomic E-state index is 12.5. The molecular weight excluding hydrogens is 284 g/mol. The smallest absolute Gasteiger partial charge is 0.274 e. The third-order valence-corrected chi connectivity index (χ3v) is 4.34. The molecule has 4 aromatic rings. The van der Waals surface area contributed by atoms with Crippen LogP contribution in [0.2, 0.25) is 0 Å². The van der Waals surface area contributed by atoms with Crippen molar-refractivity contribution in [1.29, 1.82) is 0 Å². The predicted molar refractivity (Wildman–Crippen MR) is 83.7 cm³/mol. The molecule has 0 amide bonds. The standard InChI is InChI=1S/C16H10N2O2S/c19-13-8-4-1-5-10(13)9-14-15(20)18-12-7-3-2-6-11(12)17-16(18)21-14/h1-9,19H/b14-9+. The quantitative estimate of drug-likeness (QED) is 0.585. The molecule has 0 atom stereocenters. The van der Waals surface area contributed by atoms with E-state index in [1.165, 1.54) is 11.3 Å². The SMILES string of the molecule is O=c1/c(=C\c2ccccc2O)sc2nc3ccccc3n12. The van der Waals surface area contributed by atoms with Gasteiger partial charge in [-0.15, -0.1) is 0 Å². The molecule has 0 fully saturated rings. The Labute approximate surface area is 123 Å². The molecule has 0 bridgehead atoms. The highest BCUT2D eigenvalue weighted by molar-refractivity contribution is 7.15. The zero-order valence-electron chi connectivity index (χ0n) is 10.9. The molecule has 0 radical (unpaired) electrons. The van der Waals surface area contributed by atoms with Crippen molar-refractivity contribution in [2.75, 3.05) is 0 Å². The van der Waals surface area contributed by atoms with E-state index >= 15 is 0 Å². The average Bonchev–Trinajstić information content (AvgIpc) is 2.99. The molecule has 5 heteroatoms. The van der Waals surface area contributed by atoms with Gasteiger partial charge in [0.2, 0.25) is 0 Å². The maximum Gasteiger partial charge on any atom is 0.274 e. The number of benzene rings is 2. The Morgan fingerprint density at radius 1 is 1.10 bits per heavy atom. The van der Waals surface area contributed by atoms with Gasteiger partial charge in [0.1, 0.15) is 5.75 Å². The molecule has 2 aromatic carbocycles. The summed E-state index contributed by atoms with van der Waals surface area (Å²) in [7, 11) is 0. The second-order valence-electron chi connectivity index (χ2n) is 4.69. The number of aromatic nitrogens is 2. The average molecular weight is 294 g/mol. The summed E-state index contributed by atoms with van der Waals surface area (Å²) in [6, 6.07) is 14.5. The Balaban J connectivity index is 2.06. The van der Waals surface area contributed by atoms with Gasteiger partial charge in [0.25, 0.3) is 5.56 Å². The topological polar surface area (TPSA) is 54.6 Å². The van der Waals surface area contributed by atoms with Crippen LogP contribution in [-0.4, -0.2) is 14.5 Å². The van der Waals surface area contributed by atoms with E-state index in [-0.39, 0.29) is 11.3 Å². The fourth-order valence-corrected chi connectivity index (χ4v) is 3.34. The maximum atomic E-state index is 12.5. The number of thiazole rings is 1. The van der Waals surface area contributed by atoms with Gasteiger partial charge in [0.15, 0.2) is 4.96 Å². The molecule has 0 aliphatic carbocycles. The number of imidazole rings is 1. The van der Waals surface area contributed by atoms with E-state index in [0.717, 1.165) is 11.0 Å². The van der Waals surface area contributed by atoms with Gasteiger partial charge in [0, 0.05) is 5.56 Å². The summed E-state index contributed by atoms with van der Waals surface area (Å²) < 4.78 is 2.18. The Morgan fingerprint density at radius 3 is 2.71 bits per heavy atom. The number of fused-ring (bicyclic) bond motifs is 3. The number of rotatable bonds is 1. The zero-order valence-corrected chi connectivity index (χ0v) is 11.7. The van der Waals surface area contributed by atoms with Gasteiger partial charge in [-0.3, -0.25) is 4.79 Å². The molecule has 102 valence electrons. The van der Waals surface area contributed by atoms with Crippen molar-refractivity contribution < 1.29 is 5.11 Å². The van der Waals surface area contributed by atoms with Gasteiger partial charge in [-0.1, -0.05) is 41.7 Å². The van der Waals surface area contributed by atoms with Gasteiger partial charge < -0.3 is 5.11 Å². The van der Waals surface area contributed by atoms with Crippen LogP contribution in [0.15, 0.2) is 53.3 Å². The van der Waals surface area contributed by atoms with Gasteiger partial charge in [-0.25, -0.2) is 9.38 Å². The van der Waals surface area contributed by atoms with Crippen LogP contribution < -0.4 is 10.1 Å². The number of hydrogen-bond donors (Lipinski definition) is 1. The highest BCUT2D eigenvalue weighted by Crippen LogP contribution is 2.18. The number of phenolic OH excluding ortho intramolecular Hbond substituents is 1. The Bertz CT molecular complexity index is 1080. The van der Waals surface area contributed by atoms with Crippen molar-refractivity contribution >= 4 is 33.4 Å². The Kier molecular flexibility index (Phi) is 2.55. The van der Waals surface area contributed by atoms with Gasteiger partial charge in [-0.2, -0.15) is 0 Å². The summed E-state index contributed by atoms with van der Waals surface area (Å²) in [5.41, 5.74) is 2.15. The molecule has 4 nitrogen and oxygen atoms in total. The molecule has 2 aromatic heterocycles. The minimum Gasteiger partial charge on any atom is -0.507 e. The van der Waals surface area contributed by atoms with E-state index in [2.05, 4.69) is 4.98 Å². The first-order valence-corrected chi connectivity index (χ1v) is 7.25. The highest BCUT2D eigenvalue weighted by atomic mass is 32.1. The summed E-state index contributed by atoms with van der Waals surface area (Å²) in [5.74, 6) is 0.160. The fourth-order valence-electron chi connectivity index (χ4n) is 2.36. The molecule has 0 aliphatic rings. The number of para-hydroxylation sites is 3. The molecule has 0 saturated carbocycles. The van der Waals surface area contributed by atoms with Gasteiger partial charge in [0.05, 0.1) is 15.6 Å². The number of aromatic hydroxyl groups is 1. The van der Waals surface area contributed by atoms with Crippen molar-refractivity contribution in [1.82, 2.24) is 9.38 Å². The molecule has 0 spiro atoms. The van der Waals surface area contributed by atoms with Crippen LogP contribution in [0.4, 0.5) is 0 Å². The second kappa shape index (κ2) is 4.43. The third-order valence-electron chi connectivity index (χ3n) is 3.37. The number of phenols is 1.